The lowest BCUT2D eigenvalue weighted by Crippen LogP contribution is -2.22. The van der Waals surface area contributed by atoms with Gasteiger partial charge in [0.05, 0.1) is 6.20 Å². The van der Waals surface area contributed by atoms with Crippen molar-refractivity contribution in [1.29, 1.82) is 0 Å². The number of anilines is 1. The molecule has 30 heavy (non-hydrogen) atoms. The van der Waals surface area contributed by atoms with Crippen LogP contribution in [-0.4, -0.2) is 39.5 Å². The van der Waals surface area contributed by atoms with E-state index in [0.717, 1.165) is 29.2 Å². The second-order valence-corrected chi connectivity index (χ2v) is 6.76. The van der Waals surface area contributed by atoms with Crippen LogP contribution in [0, 0.1) is 0 Å². The minimum Gasteiger partial charge on any atom is -0.508 e. The van der Waals surface area contributed by atoms with Gasteiger partial charge >= 0.3 is 0 Å². The first kappa shape index (κ1) is 19.6. The minimum atomic E-state index is 0.218. The molecule has 7 heteroatoms. The van der Waals surface area contributed by atoms with Gasteiger partial charge in [0.1, 0.15) is 30.5 Å². The van der Waals surface area contributed by atoms with Gasteiger partial charge in [0.15, 0.2) is 5.65 Å². The molecular weight excluding hydrogens is 380 g/mol. The molecule has 2 aromatic heterocycles. The van der Waals surface area contributed by atoms with E-state index < -0.39 is 0 Å². The second kappa shape index (κ2) is 9.17. The van der Waals surface area contributed by atoms with Gasteiger partial charge in [-0.05, 0) is 49.4 Å². The molecule has 4 aromatic rings. The number of aromatic nitrogens is 3. The predicted molar refractivity (Wildman–Crippen MR) is 115 cm³/mol. The van der Waals surface area contributed by atoms with Gasteiger partial charge in [-0.25, -0.2) is 9.50 Å². The Morgan fingerprint density at radius 2 is 1.80 bits per heavy atom. The molecule has 154 valence electrons. The average Bonchev–Trinajstić information content (AvgIpc) is 3.19. The second-order valence-electron chi connectivity index (χ2n) is 6.76. The first-order chi connectivity index (χ1) is 14.7. The van der Waals surface area contributed by atoms with Crippen LogP contribution in [0.3, 0.4) is 0 Å². The molecule has 0 spiro atoms. The van der Waals surface area contributed by atoms with Crippen molar-refractivity contribution < 1.29 is 14.6 Å². The maximum absolute atomic E-state index is 9.31. The fourth-order valence-corrected chi connectivity index (χ4v) is 3.21. The van der Waals surface area contributed by atoms with Crippen molar-refractivity contribution in [3.8, 4) is 17.2 Å². The molecule has 0 radical (unpaired) electrons. The molecule has 1 N–H and O–H groups in total. The molecule has 7 nitrogen and oxygen atoms in total. The van der Waals surface area contributed by atoms with E-state index in [-0.39, 0.29) is 5.75 Å². The minimum absolute atomic E-state index is 0.218. The molecule has 0 saturated carbocycles. The number of phenols is 1. The number of rotatable bonds is 9. The lowest BCUT2D eigenvalue weighted by Gasteiger charge is -2.23. The summed E-state index contributed by atoms with van der Waals surface area (Å²) in [6.45, 7) is 4.52. The topological polar surface area (TPSA) is 72.1 Å². The van der Waals surface area contributed by atoms with Crippen LogP contribution in [0.5, 0.6) is 17.2 Å². The molecule has 0 saturated heterocycles. The predicted octanol–water partition coefficient (Wildman–Crippen LogP) is 3.92. The third-order valence-electron chi connectivity index (χ3n) is 4.74. The summed E-state index contributed by atoms with van der Waals surface area (Å²) in [5, 5.41) is 13.7. The van der Waals surface area contributed by atoms with Crippen LogP contribution in [0.2, 0.25) is 0 Å². The van der Waals surface area contributed by atoms with Crippen LogP contribution in [0.4, 0.5) is 5.69 Å². The summed E-state index contributed by atoms with van der Waals surface area (Å²) in [4.78, 5) is 6.70. The van der Waals surface area contributed by atoms with Crippen LogP contribution in [-0.2, 0) is 6.54 Å². The Morgan fingerprint density at radius 3 is 2.60 bits per heavy atom. The van der Waals surface area contributed by atoms with E-state index in [1.807, 2.05) is 36.7 Å². The van der Waals surface area contributed by atoms with Crippen molar-refractivity contribution in [2.45, 2.75) is 13.5 Å². The summed E-state index contributed by atoms with van der Waals surface area (Å²) in [6, 6.07) is 16.5. The summed E-state index contributed by atoms with van der Waals surface area (Å²) in [5.41, 5.74) is 3.02. The van der Waals surface area contributed by atoms with E-state index in [0.29, 0.717) is 25.5 Å². The molecule has 2 heterocycles. The van der Waals surface area contributed by atoms with Gasteiger partial charge in [-0.2, -0.15) is 5.10 Å². The van der Waals surface area contributed by atoms with Crippen LogP contribution in [0.1, 0.15) is 12.5 Å². The third-order valence-corrected chi connectivity index (χ3v) is 4.74. The van der Waals surface area contributed by atoms with E-state index in [9.17, 15) is 5.11 Å². The zero-order valence-electron chi connectivity index (χ0n) is 16.8. The zero-order valence-corrected chi connectivity index (χ0v) is 16.8. The normalized spacial score (nSPS) is 10.8. The van der Waals surface area contributed by atoms with E-state index in [1.54, 1.807) is 35.0 Å². The van der Waals surface area contributed by atoms with E-state index in [4.69, 9.17) is 9.47 Å². The highest BCUT2D eigenvalue weighted by atomic mass is 16.5. The molecule has 0 aliphatic carbocycles. The van der Waals surface area contributed by atoms with Crippen LogP contribution >= 0.6 is 0 Å². The summed E-state index contributed by atoms with van der Waals surface area (Å²) in [7, 11) is 0. The molecule has 0 amide bonds. The van der Waals surface area contributed by atoms with Crippen molar-refractivity contribution in [3.63, 3.8) is 0 Å². The molecule has 0 atom stereocenters. The number of hydrogen-bond donors (Lipinski definition) is 1. The number of benzene rings is 2. The Bertz CT molecular complexity index is 1100. The number of ether oxygens (including phenoxy) is 2. The maximum atomic E-state index is 9.31. The SMILES string of the molecule is CCN(Cc1cnn2cccnc12)c1cccc(OCCOc2ccc(O)cc2)c1. The average molecular weight is 404 g/mol. The summed E-state index contributed by atoms with van der Waals surface area (Å²) in [6.07, 6.45) is 5.55. The Labute approximate surface area is 175 Å². The smallest absolute Gasteiger partial charge is 0.159 e. The molecule has 4 rings (SSSR count). The largest absolute Gasteiger partial charge is 0.508 e. The lowest BCUT2D eigenvalue weighted by molar-refractivity contribution is 0.217. The van der Waals surface area contributed by atoms with Crippen molar-refractivity contribution in [1.82, 2.24) is 14.6 Å². The zero-order chi connectivity index (χ0) is 20.8. The van der Waals surface area contributed by atoms with Crippen LogP contribution in [0.15, 0.2) is 73.2 Å². The van der Waals surface area contributed by atoms with Gasteiger partial charge in [-0.15, -0.1) is 0 Å². The monoisotopic (exact) mass is 404 g/mol. The lowest BCUT2D eigenvalue weighted by atomic mass is 10.2. The van der Waals surface area contributed by atoms with E-state index in [2.05, 4.69) is 28.0 Å². The maximum Gasteiger partial charge on any atom is 0.159 e. The molecule has 0 aliphatic rings. The van der Waals surface area contributed by atoms with Crippen molar-refractivity contribution in [2.75, 3.05) is 24.7 Å². The Hall–Kier alpha value is -3.74. The first-order valence-electron chi connectivity index (χ1n) is 9.90. The third kappa shape index (κ3) is 4.63. The molecule has 0 bridgehead atoms. The highest BCUT2D eigenvalue weighted by Crippen LogP contribution is 2.24. The van der Waals surface area contributed by atoms with Crippen molar-refractivity contribution in [2.24, 2.45) is 0 Å². The van der Waals surface area contributed by atoms with Crippen molar-refractivity contribution in [3.05, 3.63) is 78.8 Å². The van der Waals surface area contributed by atoms with Gasteiger partial charge < -0.3 is 19.5 Å². The number of nitrogens with zero attached hydrogens (tertiary/aromatic N) is 4. The van der Waals surface area contributed by atoms with Crippen LogP contribution < -0.4 is 14.4 Å². The van der Waals surface area contributed by atoms with E-state index >= 15 is 0 Å². The Morgan fingerprint density at radius 1 is 1.00 bits per heavy atom. The quantitative estimate of drug-likeness (QED) is 0.426. The summed E-state index contributed by atoms with van der Waals surface area (Å²) in [5.74, 6) is 1.71. The van der Waals surface area contributed by atoms with E-state index in [1.165, 1.54) is 0 Å². The number of hydrogen-bond acceptors (Lipinski definition) is 6. The first-order valence-corrected chi connectivity index (χ1v) is 9.90. The molecule has 2 aromatic carbocycles. The molecule has 0 fully saturated rings. The van der Waals surface area contributed by atoms with Crippen molar-refractivity contribution >= 4 is 11.3 Å². The standard InChI is InChI=1S/C23H24N4O3/c1-2-26(17-18-16-25-27-12-4-11-24-23(18)27)19-5-3-6-22(15-19)30-14-13-29-21-9-7-20(28)8-10-21/h3-12,15-16,28H,2,13-14,17H2,1H3. The van der Waals surface area contributed by atoms with Gasteiger partial charge in [-0.1, -0.05) is 6.07 Å². The summed E-state index contributed by atoms with van der Waals surface area (Å²) >= 11 is 0. The number of aromatic hydroxyl groups is 1. The fraction of sp³-hybridized carbons (Fsp3) is 0.217. The van der Waals surface area contributed by atoms with Gasteiger partial charge in [0, 0.05) is 42.8 Å². The number of phenolic OH excluding ortho intramolecular Hbond substituents is 1. The molecule has 0 aliphatic heterocycles. The Balaban J connectivity index is 1.37. The highest BCUT2D eigenvalue weighted by Gasteiger charge is 2.11. The molecular formula is C23H24N4O3. The van der Waals surface area contributed by atoms with Gasteiger partial charge in [0.25, 0.3) is 0 Å². The van der Waals surface area contributed by atoms with Gasteiger partial charge in [-0.3, -0.25) is 0 Å². The van der Waals surface area contributed by atoms with Gasteiger partial charge in [0.2, 0.25) is 0 Å². The summed E-state index contributed by atoms with van der Waals surface area (Å²) < 4.78 is 13.3. The number of fused-ring (bicyclic) bond motifs is 1. The Kier molecular flexibility index (Phi) is 5.98. The fourth-order valence-electron chi connectivity index (χ4n) is 3.21. The van der Waals surface area contributed by atoms with Crippen LogP contribution in [0.25, 0.3) is 5.65 Å². The highest BCUT2D eigenvalue weighted by molar-refractivity contribution is 5.54. The molecule has 0 unspecified atom stereocenters.